The van der Waals surface area contributed by atoms with Crippen molar-refractivity contribution >= 4 is 5.91 Å². The molecule has 0 saturated carbocycles. The molecule has 1 saturated heterocycles. The molecule has 2 rings (SSSR count). The fraction of sp³-hybridized carbons (Fsp3) is 0.611. The lowest BCUT2D eigenvalue weighted by Crippen LogP contribution is -2.58. The van der Waals surface area contributed by atoms with Gasteiger partial charge in [0.1, 0.15) is 5.75 Å². The van der Waals surface area contributed by atoms with Gasteiger partial charge in [-0.25, -0.2) is 0 Å². The molecule has 0 aromatic heterocycles. The molecule has 0 bridgehead atoms. The summed E-state index contributed by atoms with van der Waals surface area (Å²) >= 11 is 0. The molecule has 5 heteroatoms. The fourth-order valence-corrected chi connectivity index (χ4v) is 2.96. The van der Waals surface area contributed by atoms with Crippen molar-refractivity contribution in [1.82, 2.24) is 10.2 Å². The van der Waals surface area contributed by atoms with E-state index in [1.165, 1.54) is 0 Å². The van der Waals surface area contributed by atoms with Gasteiger partial charge in [-0.05, 0) is 45.4 Å². The molecule has 23 heavy (non-hydrogen) atoms. The number of nitrogens with one attached hydrogen (secondary N) is 1. The van der Waals surface area contributed by atoms with Gasteiger partial charge in [-0.1, -0.05) is 12.1 Å². The van der Waals surface area contributed by atoms with Crippen LogP contribution < -0.4 is 5.32 Å². The van der Waals surface area contributed by atoms with Gasteiger partial charge in [-0.2, -0.15) is 0 Å². The first-order valence-corrected chi connectivity index (χ1v) is 8.21. The van der Waals surface area contributed by atoms with Gasteiger partial charge >= 0.3 is 0 Å². The fourth-order valence-electron chi connectivity index (χ4n) is 2.96. The molecule has 0 radical (unpaired) electrons. The predicted octanol–water partition coefficient (Wildman–Crippen LogP) is 1.94. The van der Waals surface area contributed by atoms with Gasteiger partial charge < -0.3 is 15.2 Å². The highest BCUT2D eigenvalue weighted by atomic mass is 16.5. The van der Waals surface area contributed by atoms with Crippen molar-refractivity contribution in [3.63, 3.8) is 0 Å². The molecule has 1 aliphatic rings. The van der Waals surface area contributed by atoms with E-state index in [-0.39, 0.29) is 29.4 Å². The molecule has 1 amide bonds. The van der Waals surface area contributed by atoms with Gasteiger partial charge in [0.05, 0.1) is 18.6 Å². The number of carbonyl (C=O) groups excluding carboxylic acids is 1. The normalized spacial score (nSPS) is 22.8. The molecule has 0 spiro atoms. The third kappa shape index (κ3) is 5.22. The van der Waals surface area contributed by atoms with Gasteiger partial charge in [0.25, 0.3) is 0 Å². The molecule has 1 heterocycles. The number of aromatic hydroxyl groups is 1. The summed E-state index contributed by atoms with van der Waals surface area (Å²) in [6, 6.07) is 6.74. The molecule has 2 unspecified atom stereocenters. The van der Waals surface area contributed by atoms with Crippen molar-refractivity contribution < 1.29 is 14.6 Å². The zero-order chi connectivity index (χ0) is 17.0. The number of rotatable bonds is 5. The summed E-state index contributed by atoms with van der Waals surface area (Å²) in [5, 5.41) is 12.3. The largest absolute Gasteiger partial charge is 0.508 e. The molecular formula is C18H28N2O3. The van der Waals surface area contributed by atoms with E-state index in [0.717, 1.165) is 18.7 Å². The summed E-state index contributed by atoms with van der Waals surface area (Å²) in [5.74, 6) is 0.212. The second kappa shape index (κ2) is 7.32. The van der Waals surface area contributed by atoms with Crippen LogP contribution in [0.2, 0.25) is 0 Å². The van der Waals surface area contributed by atoms with Gasteiger partial charge in [0, 0.05) is 25.2 Å². The Labute approximate surface area is 138 Å². The van der Waals surface area contributed by atoms with E-state index in [0.29, 0.717) is 13.0 Å². The summed E-state index contributed by atoms with van der Waals surface area (Å²) < 4.78 is 5.78. The average Bonchev–Trinajstić information content (AvgIpc) is 2.47. The van der Waals surface area contributed by atoms with Crippen LogP contribution in [0.1, 0.15) is 33.3 Å². The maximum Gasteiger partial charge on any atom is 0.224 e. The minimum atomic E-state index is -0.114. The maximum atomic E-state index is 12.1. The van der Waals surface area contributed by atoms with E-state index >= 15 is 0 Å². The number of carbonyl (C=O) groups is 1. The first-order chi connectivity index (χ1) is 10.8. The summed E-state index contributed by atoms with van der Waals surface area (Å²) in [6.07, 6.45) is 0.753. The Kier molecular flexibility index (Phi) is 5.65. The molecule has 2 atom stereocenters. The second-order valence-corrected chi connectivity index (χ2v) is 7.09. The van der Waals surface area contributed by atoms with Crippen molar-refractivity contribution in [2.45, 2.75) is 51.9 Å². The summed E-state index contributed by atoms with van der Waals surface area (Å²) in [7, 11) is 0. The van der Waals surface area contributed by atoms with E-state index in [9.17, 15) is 9.90 Å². The first-order valence-electron chi connectivity index (χ1n) is 8.21. The van der Waals surface area contributed by atoms with Crippen LogP contribution in [0.3, 0.4) is 0 Å². The van der Waals surface area contributed by atoms with Crippen molar-refractivity contribution in [2.24, 2.45) is 0 Å². The Bertz CT molecular complexity index is 518. The smallest absolute Gasteiger partial charge is 0.224 e. The van der Waals surface area contributed by atoms with Crippen molar-refractivity contribution in [1.29, 1.82) is 0 Å². The number of phenols is 1. The highest BCUT2D eigenvalue weighted by Gasteiger charge is 2.33. The summed E-state index contributed by atoms with van der Waals surface area (Å²) in [4.78, 5) is 14.5. The topological polar surface area (TPSA) is 61.8 Å². The van der Waals surface area contributed by atoms with Crippen LogP contribution in [-0.2, 0) is 16.0 Å². The van der Waals surface area contributed by atoms with Crippen LogP contribution in [0.15, 0.2) is 24.3 Å². The van der Waals surface area contributed by atoms with Crippen LogP contribution in [0.5, 0.6) is 5.75 Å². The van der Waals surface area contributed by atoms with E-state index in [4.69, 9.17) is 4.74 Å². The van der Waals surface area contributed by atoms with Crippen LogP contribution in [0.4, 0.5) is 0 Å². The zero-order valence-corrected chi connectivity index (χ0v) is 14.5. The quantitative estimate of drug-likeness (QED) is 0.870. The maximum absolute atomic E-state index is 12.1. The second-order valence-electron chi connectivity index (χ2n) is 7.09. The molecule has 2 N–H and O–H groups in total. The third-order valence-corrected chi connectivity index (χ3v) is 4.29. The average molecular weight is 320 g/mol. The first kappa shape index (κ1) is 17.8. The highest BCUT2D eigenvalue weighted by Crippen LogP contribution is 2.20. The Morgan fingerprint density at radius 1 is 1.26 bits per heavy atom. The minimum Gasteiger partial charge on any atom is -0.508 e. The van der Waals surface area contributed by atoms with Crippen LogP contribution in [0.25, 0.3) is 0 Å². The Balaban J connectivity index is 1.85. The van der Waals surface area contributed by atoms with E-state index in [1.54, 1.807) is 24.3 Å². The van der Waals surface area contributed by atoms with Gasteiger partial charge in [-0.15, -0.1) is 0 Å². The lowest BCUT2D eigenvalue weighted by atomic mass is 10.00. The lowest BCUT2D eigenvalue weighted by Gasteiger charge is -2.45. The number of phenolic OH excluding ortho intramolecular Hbond substituents is 1. The zero-order valence-electron chi connectivity index (χ0n) is 14.5. The monoisotopic (exact) mass is 320 g/mol. The van der Waals surface area contributed by atoms with Crippen molar-refractivity contribution in [2.75, 3.05) is 19.6 Å². The van der Waals surface area contributed by atoms with Gasteiger partial charge in [-0.3, -0.25) is 9.69 Å². The summed E-state index contributed by atoms with van der Waals surface area (Å²) in [6.45, 7) is 10.8. The van der Waals surface area contributed by atoms with Crippen molar-refractivity contribution in [3.8, 4) is 5.75 Å². The molecule has 1 aliphatic heterocycles. The third-order valence-electron chi connectivity index (χ3n) is 4.29. The molecule has 1 fully saturated rings. The Hall–Kier alpha value is -1.59. The van der Waals surface area contributed by atoms with Crippen molar-refractivity contribution in [3.05, 3.63) is 29.8 Å². The Morgan fingerprint density at radius 2 is 1.83 bits per heavy atom. The van der Waals surface area contributed by atoms with Gasteiger partial charge in [0.2, 0.25) is 5.91 Å². The summed E-state index contributed by atoms with van der Waals surface area (Å²) in [5.41, 5.74) is 0.781. The Morgan fingerprint density at radius 3 is 2.39 bits per heavy atom. The number of amides is 1. The SMILES string of the molecule is CC1CN(C(C)(C)CNC(=O)Cc2ccc(O)cc2)CC(C)O1. The van der Waals surface area contributed by atoms with Crippen LogP contribution in [-0.4, -0.2) is 53.3 Å². The standard InChI is InChI=1S/C18H28N2O3/c1-13-10-20(11-14(2)23-13)18(3,4)12-19-17(22)9-15-5-7-16(21)8-6-15/h5-8,13-14,21H,9-12H2,1-4H3,(H,19,22). The van der Waals surface area contributed by atoms with Crippen LogP contribution in [0, 0.1) is 0 Å². The number of morpholine rings is 1. The lowest BCUT2D eigenvalue weighted by molar-refractivity contribution is -0.122. The van der Waals surface area contributed by atoms with Gasteiger partial charge in [0.15, 0.2) is 0 Å². The number of benzene rings is 1. The molecule has 5 nitrogen and oxygen atoms in total. The molecule has 1 aromatic rings. The highest BCUT2D eigenvalue weighted by molar-refractivity contribution is 5.78. The molecule has 1 aromatic carbocycles. The number of ether oxygens (including phenoxy) is 1. The molecule has 128 valence electrons. The van der Waals surface area contributed by atoms with E-state index in [1.807, 2.05) is 0 Å². The predicted molar refractivity (Wildman–Crippen MR) is 90.5 cm³/mol. The number of hydrogen-bond donors (Lipinski definition) is 2. The molecule has 0 aliphatic carbocycles. The minimum absolute atomic E-state index is 0.00174. The number of nitrogens with zero attached hydrogens (tertiary/aromatic N) is 1. The molecular weight excluding hydrogens is 292 g/mol. The van der Waals surface area contributed by atoms with Crippen LogP contribution >= 0.6 is 0 Å². The van der Waals surface area contributed by atoms with E-state index in [2.05, 4.69) is 37.9 Å². The van der Waals surface area contributed by atoms with E-state index < -0.39 is 0 Å². The number of hydrogen-bond acceptors (Lipinski definition) is 4.